The number of hydrogen-bond acceptors (Lipinski definition) is 1. The maximum Gasteiger partial charge on any atom is 0.132 e. The van der Waals surface area contributed by atoms with E-state index in [1.807, 2.05) is 12.1 Å². The van der Waals surface area contributed by atoms with Crippen LogP contribution >= 0.6 is 11.6 Å². The average Bonchev–Trinajstić information content (AvgIpc) is 2.12. The van der Waals surface area contributed by atoms with E-state index in [2.05, 4.69) is 0 Å². The molecule has 3 heteroatoms. The van der Waals surface area contributed by atoms with Crippen molar-refractivity contribution in [2.24, 2.45) is 0 Å². The Morgan fingerprint density at radius 2 is 2.07 bits per heavy atom. The zero-order valence-electron chi connectivity index (χ0n) is 9.06. The molecule has 15 heavy (non-hydrogen) atoms. The first-order chi connectivity index (χ1) is 6.96. The number of aryl methyl sites for hydroxylation is 1. The van der Waals surface area contributed by atoms with E-state index in [9.17, 15) is 4.39 Å². The molecule has 1 aromatic carbocycles. The Morgan fingerprint density at radius 1 is 1.40 bits per heavy atom. The molecule has 0 amide bonds. The Morgan fingerprint density at radius 3 is 2.60 bits per heavy atom. The van der Waals surface area contributed by atoms with Crippen LogP contribution in [0.15, 0.2) is 18.2 Å². The van der Waals surface area contributed by atoms with Crippen LogP contribution in [0.4, 0.5) is 4.39 Å². The molecule has 1 aromatic rings. The van der Waals surface area contributed by atoms with Crippen molar-refractivity contribution in [1.29, 1.82) is 0 Å². The molecule has 0 spiro atoms. The topological polar surface area (TPSA) is 20.2 Å². The van der Waals surface area contributed by atoms with Crippen molar-refractivity contribution in [2.75, 3.05) is 6.61 Å². The maximum atomic E-state index is 13.9. The lowest BCUT2D eigenvalue weighted by atomic mass is 9.92. The molecule has 0 bridgehead atoms. The molecule has 0 heterocycles. The molecule has 0 aliphatic heterocycles. The van der Waals surface area contributed by atoms with Crippen molar-refractivity contribution < 1.29 is 9.50 Å². The van der Waals surface area contributed by atoms with Gasteiger partial charge in [0.05, 0.1) is 0 Å². The quantitative estimate of drug-likeness (QED) is 0.840. The number of halogens is 2. The van der Waals surface area contributed by atoms with Gasteiger partial charge in [-0.25, -0.2) is 4.39 Å². The third kappa shape index (κ3) is 3.18. The highest BCUT2D eigenvalue weighted by atomic mass is 35.5. The van der Waals surface area contributed by atoms with Crippen molar-refractivity contribution in [3.63, 3.8) is 0 Å². The molecule has 0 fully saturated rings. The Hall–Kier alpha value is -0.600. The summed E-state index contributed by atoms with van der Waals surface area (Å²) >= 11 is 5.99. The number of rotatable bonds is 4. The molecular formula is C12H16ClFO. The molecule has 1 N–H and O–H groups in total. The first-order valence-corrected chi connectivity index (χ1v) is 5.42. The lowest BCUT2D eigenvalue weighted by molar-refractivity contribution is 0.219. The van der Waals surface area contributed by atoms with Gasteiger partial charge in [0.1, 0.15) is 5.67 Å². The summed E-state index contributed by atoms with van der Waals surface area (Å²) in [7, 11) is 0. The molecule has 0 aromatic heterocycles. The number of hydrogen-bond donors (Lipinski definition) is 1. The number of aliphatic hydroxyl groups is 1. The standard InChI is InChI=1S/C12H16ClFO/c1-12(2,14)11-9(6-4-8-15)5-3-7-10(11)13/h3,5,7,15H,4,6,8H2,1-2H3. The highest BCUT2D eigenvalue weighted by molar-refractivity contribution is 6.31. The summed E-state index contributed by atoms with van der Waals surface area (Å²) in [4.78, 5) is 0. The van der Waals surface area contributed by atoms with E-state index < -0.39 is 5.67 Å². The number of benzene rings is 1. The van der Waals surface area contributed by atoms with Crippen molar-refractivity contribution in [2.45, 2.75) is 32.4 Å². The van der Waals surface area contributed by atoms with Crippen LogP contribution in [0.25, 0.3) is 0 Å². The molecule has 0 saturated carbocycles. The van der Waals surface area contributed by atoms with Gasteiger partial charge in [-0.1, -0.05) is 23.7 Å². The van der Waals surface area contributed by atoms with Crippen LogP contribution in [0.1, 0.15) is 31.4 Å². The molecule has 0 unspecified atom stereocenters. The Balaban J connectivity index is 3.09. The third-order valence-corrected chi connectivity index (χ3v) is 2.61. The average molecular weight is 231 g/mol. The van der Waals surface area contributed by atoms with E-state index in [-0.39, 0.29) is 6.61 Å². The smallest absolute Gasteiger partial charge is 0.132 e. The van der Waals surface area contributed by atoms with Gasteiger partial charge in [-0.3, -0.25) is 0 Å². The maximum absolute atomic E-state index is 13.9. The summed E-state index contributed by atoms with van der Waals surface area (Å²) in [5.74, 6) is 0. The van der Waals surface area contributed by atoms with Gasteiger partial charge in [0.2, 0.25) is 0 Å². The lowest BCUT2D eigenvalue weighted by Gasteiger charge is -2.20. The SMILES string of the molecule is CC(C)(F)c1c(Cl)cccc1CCCO. The Kier molecular flexibility index (Phi) is 4.12. The fourth-order valence-corrected chi connectivity index (χ4v) is 2.13. The zero-order valence-corrected chi connectivity index (χ0v) is 9.81. The summed E-state index contributed by atoms with van der Waals surface area (Å²) in [6, 6.07) is 5.36. The summed E-state index contributed by atoms with van der Waals surface area (Å²) in [6.07, 6.45) is 1.28. The van der Waals surface area contributed by atoms with E-state index in [1.165, 1.54) is 13.8 Å². The van der Waals surface area contributed by atoms with Crippen LogP contribution < -0.4 is 0 Å². The normalized spacial score (nSPS) is 11.8. The van der Waals surface area contributed by atoms with Crippen LogP contribution in [0.3, 0.4) is 0 Å². The van der Waals surface area contributed by atoms with Gasteiger partial charge >= 0.3 is 0 Å². The molecule has 1 rings (SSSR count). The first kappa shape index (κ1) is 12.5. The molecule has 0 aliphatic rings. The van der Waals surface area contributed by atoms with Gasteiger partial charge < -0.3 is 5.11 Å². The van der Waals surface area contributed by atoms with Gasteiger partial charge in [0.15, 0.2) is 0 Å². The fraction of sp³-hybridized carbons (Fsp3) is 0.500. The van der Waals surface area contributed by atoms with Gasteiger partial charge in [-0.2, -0.15) is 0 Å². The number of alkyl halides is 1. The zero-order chi connectivity index (χ0) is 11.5. The van der Waals surface area contributed by atoms with Crippen molar-refractivity contribution in [1.82, 2.24) is 0 Å². The second-order valence-corrected chi connectivity index (χ2v) is 4.48. The molecule has 1 nitrogen and oxygen atoms in total. The van der Waals surface area contributed by atoms with E-state index in [1.54, 1.807) is 6.07 Å². The largest absolute Gasteiger partial charge is 0.396 e. The molecule has 84 valence electrons. The minimum Gasteiger partial charge on any atom is -0.396 e. The first-order valence-electron chi connectivity index (χ1n) is 5.04. The molecule has 0 saturated heterocycles. The molecule has 0 aliphatic carbocycles. The van der Waals surface area contributed by atoms with Gasteiger partial charge in [0.25, 0.3) is 0 Å². The van der Waals surface area contributed by atoms with Crippen LogP contribution in [0.2, 0.25) is 5.02 Å². The van der Waals surface area contributed by atoms with Crippen LogP contribution in [-0.4, -0.2) is 11.7 Å². The fourth-order valence-electron chi connectivity index (χ4n) is 1.71. The van der Waals surface area contributed by atoms with Crippen LogP contribution in [0.5, 0.6) is 0 Å². The van der Waals surface area contributed by atoms with E-state index in [0.717, 1.165) is 5.56 Å². The van der Waals surface area contributed by atoms with Gasteiger partial charge in [-0.05, 0) is 38.3 Å². The number of aliphatic hydroxyl groups excluding tert-OH is 1. The van der Waals surface area contributed by atoms with Crippen molar-refractivity contribution >= 4 is 11.6 Å². The minimum atomic E-state index is -1.44. The molecule has 0 atom stereocenters. The van der Waals surface area contributed by atoms with Crippen molar-refractivity contribution in [3.05, 3.63) is 34.3 Å². The van der Waals surface area contributed by atoms with Gasteiger partial charge in [-0.15, -0.1) is 0 Å². The van der Waals surface area contributed by atoms with Crippen molar-refractivity contribution in [3.8, 4) is 0 Å². The summed E-state index contributed by atoms with van der Waals surface area (Å²) < 4.78 is 13.9. The van der Waals surface area contributed by atoms with E-state index in [4.69, 9.17) is 16.7 Å². The third-order valence-electron chi connectivity index (χ3n) is 2.30. The minimum absolute atomic E-state index is 0.110. The summed E-state index contributed by atoms with van der Waals surface area (Å²) in [5, 5.41) is 9.22. The van der Waals surface area contributed by atoms with E-state index in [0.29, 0.717) is 23.4 Å². The monoisotopic (exact) mass is 230 g/mol. The lowest BCUT2D eigenvalue weighted by Crippen LogP contribution is -2.13. The molecular weight excluding hydrogens is 215 g/mol. The summed E-state index contributed by atoms with van der Waals surface area (Å²) in [6.45, 7) is 3.10. The highest BCUT2D eigenvalue weighted by Crippen LogP contribution is 2.34. The highest BCUT2D eigenvalue weighted by Gasteiger charge is 2.24. The summed E-state index contributed by atoms with van der Waals surface area (Å²) in [5.41, 5.74) is -0.0208. The molecule has 0 radical (unpaired) electrons. The van der Waals surface area contributed by atoms with Crippen LogP contribution in [0, 0.1) is 0 Å². The Bertz CT molecular complexity index is 331. The van der Waals surface area contributed by atoms with Crippen LogP contribution in [-0.2, 0) is 12.1 Å². The Labute approximate surface area is 94.9 Å². The second kappa shape index (κ2) is 4.95. The van der Waals surface area contributed by atoms with E-state index >= 15 is 0 Å². The second-order valence-electron chi connectivity index (χ2n) is 4.07. The predicted octanol–water partition coefficient (Wildman–Crippen LogP) is 3.47. The van der Waals surface area contributed by atoms with Gasteiger partial charge in [0, 0.05) is 17.2 Å². The predicted molar refractivity (Wildman–Crippen MR) is 61.0 cm³/mol.